The standard InChI is InChI=1S/C14H14Cl2N4O/c15-10-5-12(16)14(19-6-10)20(8-13(18)21)7-9-2-1-3-11(17)4-9/h1-6H,7-8,17H2,(H2,18,21). The second-order valence-corrected chi connectivity index (χ2v) is 5.37. The molecule has 0 aliphatic carbocycles. The molecule has 0 radical (unpaired) electrons. The first kappa shape index (κ1) is 15.4. The van der Waals surface area contributed by atoms with Gasteiger partial charge in [-0.15, -0.1) is 0 Å². The Balaban J connectivity index is 2.31. The highest BCUT2D eigenvalue weighted by molar-refractivity contribution is 6.36. The Kier molecular flexibility index (Phi) is 4.88. The zero-order valence-corrected chi connectivity index (χ0v) is 12.6. The van der Waals surface area contributed by atoms with Crippen molar-refractivity contribution in [3.8, 4) is 0 Å². The van der Waals surface area contributed by atoms with Crippen LogP contribution in [-0.2, 0) is 11.3 Å². The van der Waals surface area contributed by atoms with Crippen LogP contribution in [0, 0.1) is 0 Å². The predicted molar refractivity (Wildman–Crippen MR) is 85.4 cm³/mol. The molecule has 0 aliphatic heterocycles. The summed E-state index contributed by atoms with van der Waals surface area (Å²) in [6, 6.07) is 8.91. The molecule has 0 fully saturated rings. The number of hydrogen-bond donors (Lipinski definition) is 2. The van der Waals surface area contributed by atoms with E-state index < -0.39 is 5.91 Å². The van der Waals surface area contributed by atoms with E-state index >= 15 is 0 Å². The van der Waals surface area contributed by atoms with E-state index in [9.17, 15) is 4.79 Å². The molecule has 2 rings (SSSR count). The SMILES string of the molecule is NC(=O)CN(Cc1cccc(N)c1)c1ncc(Cl)cc1Cl. The highest BCUT2D eigenvalue weighted by atomic mass is 35.5. The molecule has 0 spiro atoms. The van der Waals surface area contributed by atoms with Crippen molar-refractivity contribution in [2.24, 2.45) is 5.73 Å². The monoisotopic (exact) mass is 324 g/mol. The van der Waals surface area contributed by atoms with Crippen LogP contribution in [0.2, 0.25) is 10.0 Å². The minimum atomic E-state index is -0.480. The number of pyridine rings is 1. The first-order valence-electron chi connectivity index (χ1n) is 6.14. The number of nitrogens with two attached hydrogens (primary N) is 2. The third-order valence-electron chi connectivity index (χ3n) is 2.76. The van der Waals surface area contributed by atoms with Gasteiger partial charge in [0.25, 0.3) is 0 Å². The lowest BCUT2D eigenvalue weighted by Crippen LogP contribution is -2.34. The number of nitrogens with zero attached hydrogens (tertiary/aromatic N) is 2. The molecular weight excluding hydrogens is 311 g/mol. The van der Waals surface area contributed by atoms with Crippen molar-refractivity contribution >= 4 is 40.6 Å². The van der Waals surface area contributed by atoms with Crippen molar-refractivity contribution in [2.45, 2.75) is 6.54 Å². The summed E-state index contributed by atoms with van der Waals surface area (Å²) in [5, 5.41) is 0.777. The fraction of sp³-hybridized carbons (Fsp3) is 0.143. The van der Waals surface area contributed by atoms with Crippen LogP contribution in [-0.4, -0.2) is 17.4 Å². The van der Waals surface area contributed by atoms with E-state index in [-0.39, 0.29) is 6.54 Å². The third-order valence-corrected chi connectivity index (χ3v) is 3.24. The van der Waals surface area contributed by atoms with Crippen molar-refractivity contribution in [3.63, 3.8) is 0 Å². The molecule has 0 atom stereocenters. The van der Waals surface area contributed by atoms with Gasteiger partial charge in [0.15, 0.2) is 0 Å². The van der Waals surface area contributed by atoms with Gasteiger partial charge in [0.1, 0.15) is 5.82 Å². The summed E-state index contributed by atoms with van der Waals surface area (Å²) in [5.74, 6) is -0.0333. The number of aromatic nitrogens is 1. The number of carbonyl (C=O) groups excluding carboxylic acids is 1. The van der Waals surface area contributed by atoms with Crippen LogP contribution in [0.1, 0.15) is 5.56 Å². The topological polar surface area (TPSA) is 85.2 Å². The van der Waals surface area contributed by atoms with E-state index in [1.165, 1.54) is 6.20 Å². The maximum absolute atomic E-state index is 11.3. The van der Waals surface area contributed by atoms with Gasteiger partial charge in [0, 0.05) is 18.4 Å². The third kappa shape index (κ3) is 4.24. The summed E-state index contributed by atoms with van der Waals surface area (Å²) in [7, 11) is 0. The molecule has 1 heterocycles. The Morgan fingerprint density at radius 1 is 1.29 bits per heavy atom. The average Bonchev–Trinajstić information content (AvgIpc) is 2.37. The Hall–Kier alpha value is -1.98. The molecule has 0 bridgehead atoms. The predicted octanol–water partition coefficient (Wildman–Crippen LogP) is 2.46. The van der Waals surface area contributed by atoms with Crippen LogP contribution in [0.15, 0.2) is 36.5 Å². The van der Waals surface area contributed by atoms with Gasteiger partial charge in [-0.1, -0.05) is 35.3 Å². The fourth-order valence-electron chi connectivity index (χ4n) is 1.95. The fourth-order valence-corrected chi connectivity index (χ4v) is 2.45. The maximum atomic E-state index is 11.3. The van der Waals surface area contributed by atoms with Crippen LogP contribution >= 0.6 is 23.2 Å². The Morgan fingerprint density at radius 2 is 2.05 bits per heavy atom. The number of primary amides is 1. The minimum Gasteiger partial charge on any atom is -0.399 e. The highest BCUT2D eigenvalue weighted by Crippen LogP contribution is 2.27. The molecular formula is C14H14Cl2N4O. The van der Waals surface area contributed by atoms with Gasteiger partial charge in [0.05, 0.1) is 16.6 Å². The van der Waals surface area contributed by atoms with Crippen LogP contribution in [0.5, 0.6) is 0 Å². The minimum absolute atomic E-state index is 0.0108. The molecule has 4 N–H and O–H groups in total. The number of benzene rings is 1. The zero-order chi connectivity index (χ0) is 15.4. The Morgan fingerprint density at radius 3 is 2.67 bits per heavy atom. The normalized spacial score (nSPS) is 10.4. The number of anilines is 2. The molecule has 21 heavy (non-hydrogen) atoms. The number of amides is 1. The molecule has 0 saturated carbocycles. The van der Waals surface area contributed by atoms with Crippen molar-refractivity contribution < 1.29 is 4.79 Å². The molecule has 0 unspecified atom stereocenters. The van der Waals surface area contributed by atoms with Crippen molar-refractivity contribution in [2.75, 3.05) is 17.2 Å². The maximum Gasteiger partial charge on any atom is 0.237 e. The van der Waals surface area contributed by atoms with Crippen molar-refractivity contribution in [1.82, 2.24) is 4.98 Å². The molecule has 1 aromatic heterocycles. The second-order valence-electron chi connectivity index (χ2n) is 4.53. The van der Waals surface area contributed by atoms with Gasteiger partial charge >= 0.3 is 0 Å². The number of carbonyl (C=O) groups is 1. The Bertz CT molecular complexity index is 663. The molecule has 7 heteroatoms. The van der Waals surface area contributed by atoms with Crippen LogP contribution < -0.4 is 16.4 Å². The summed E-state index contributed by atoms with van der Waals surface area (Å²) in [5.41, 5.74) is 12.6. The second kappa shape index (κ2) is 6.65. The molecule has 0 aliphatic rings. The lowest BCUT2D eigenvalue weighted by atomic mass is 10.2. The lowest BCUT2D eigenvalue weighted by molar-refractivity contribution is -0.116. The van der Waals surface area contributed by atoms with E-state index in [2.05, 4.69) is 4.98 Å². The zero-order valence-electron chi connectivity index (χ0n) is 11.1. The quantitative estimate of drug-likeness (QED) is 0.827. The summed E-state index contributed by atoms with van der Waals surface area (Å²) in [6.07, 6.45) is 1.47. The summed E-state index contributed by atoms with van der Waals surface area (Å²) < 4.78 is 0. The molecule has 2 aromatic rings. The summed E-state index contributed by atoms with van der Waals surface area (Å²) in [6.45, 7) is 0.394. The van der Waals surface area contributed by atoms with Crippen LogP contribution in [0.3, 0.4) is 0 Å². The van der Waals surface area contributed by atoms with Gasteiger partial charge in [-0.2, -0.15) is 0 Å². The number of rotatable bonds is 5. The first-order chi connectivity index (χ1) is 9.95. The summed E-state index contributed by atoms with van der Waals surface area (Å²) in [4.78, 5) is 17.1. The average molecular weight is 325 g/mol. The van der Waals surface area contributed by atoms with Gasteiger partial charge in [-0.05, 0) is 23.8 Å². The molecule has 1 amide bonds. The molecule has 5 nitrogen and oxygen atoms in total. The summed E-state index contributed by atoms with van der Waals surface area (Å²) >= 11 is 12.0. The van der Waals surface area contributed by atoms with Gasteiger partial charge < -0.3 is 16.4 Å². The van der Waals surface area contributed by atoms with Crippen molar-refractivity contribution in [3.05, 3.63) is 52.1 Å². The highest BCUT2D eigenvalue weighted by Gasteiger charge is 2.15. The van der Waals surface area contributed by atoms with Gasteiger partial charge in [0.2, 0.25) is 5.91 Å². The first-order valence-corrected chi connectivity index (χ1v) is 6.90. The number of halogens is 2. The smallest absolute Gasteiger partial charge is 0.237 e. The van der Waals surface area contributed by atoms with E-state index in [0.29, 0.717) is 28.1 Å². The Labute approximate surface area is 132 Å². The number of hydrogen-bond acceptors (Lipinski definition) is 4. The van der Waals surface area contributed by atoms with E-state index in [1.807, 2.05) is 18.2 Å². The molecule has 0 saturated heterocycles. The molecule has 110 valence electrons. The van der Waals surface area contributed by atoms with Gasteiger partial charge in [-0.3, -0.25) is 4.79 Å². The van der Waals surface area contributed by atoms with E-state index in [4.69, 9.17) is 34.7 Å². The van der Waals surface area contributed by atoms with Crippen LogP contribution in [0.4, 0.5) is 11.5 Å². The van der Waals surface area contributed by atoms with Crippen LogP contribution in [0.25, 0.3) is 0 Å². The van der Waals surface area contributed by atoms with E-state index in [0.717, 1.165) is 5.56 Å². The lowest BCUT2D eigenvalue weighted by Gasteiger charge is -2.23. The van der Waals surface area contributed by atoms with Gasteiger partial charge in [-0.25, -0.2) is 4.98 Å². The largest absolute Gasteiger partial charge is 0.399 e. The number of nitrogen functional groups attached to an aromatic ring is 1. The van der Waals surface area contributed by atoms with Crippen molar-refractivity contribution in [1.29, 1.82) is 0 Å². The molecule has 1 aromatic carbocycles. The van der Waals surface area contributed by atoms with E-state index in [1.54, 1.807) is 17.0 Å².